The minimum Gasteiger partial charge on any atom is -0.481 e. The maximum absolute atomic E-state index is 13.3. The molecule has 1 aliphatic heterocycles. The summed E-state index contributed by atoms with van der Waals surface area (Å²) in [7, 11) is -2.30. The molecule has 0 bridgehead atoms. The lowest BCUT2D eigenvalue weighted by Crippen LogP contribution is -2.54. The normalized spacial score (nSPS) is 19.0. The van der Waals surface area contributed by atoms with E-state index in [-0.39, 0.29) is 11.3 Å². The van der Waals surface area contributed by atoms with Gasteiger partial charge < -0.3 is 9.67 Å². The van der Waals surface area contributed by atoms with Crippen molar-refractivity contribution >= 4 is 27.0 Å². The van der Waals surface area contributed by atoms with Crippen molar-refractivity contribution in [3.8, 4) is 0 Å². The number of likely N-dealkylation sites (N-methyl/N-ethyl adjacent to an activating group) is 1. The number of hydrogen-bond donors (Lipinski definition) is 1. The molecule has 1 aromatic carbocycles. The Morgan fingerprint density at radius 3 is 2.65 bits per heavy atom. The van der Waals surface area contributed by atoms with Gasteiger partial charge in [0, 0.05) is 30.9 Å². The Morgan fingerprint density at radius 2 is 2.00 bits per heavy atom. The molecule has 164 valence electrons. The molecular weight excluding hydrogens is 421 g/mol. The van der Waals surface area contributed by atoms with E-state index in [2.05, 4.69) is 4.98 Å². The molecular formula is C22H24FN3O4S. The van der Waals surface area contributed by atoms with Gasteiger partial charge in [-0.1, -0.05) is 6.92 Å². The summed E-state index contributed by atoms with van der Waals surface area (Å²) in [6.07, 6.45) is 3.19. The van der Waals surface area contributed by atoms with Crippen LogP contribution >= 0.6 is 0 Å². The Labute approximate surface area is 180 Å². The number of aliphatic carboxylic acids is 1. The minimum atomic E-state index is -3.86. The highest BCUT2D eigenvalue weighted by Crippen LogP contribution is 2.39. The topological polar surface area (TPSA) is 92.5 Å². The Bertz CT molecular complexity index is 1250. The zero-order chi connectivity index (χ0) is 22.4. The average molecular weight is 446 g/mol. The van der Waals surface area contributed by atoms with E-state index in [0.717, 1.165) is 28.8 Å². The fraction of sp³-hybridized carbons (Fsp3) is 0.364. The van der Waals surface area contributed by atoms with Crippen molar-refractivity contribution in [3.05, 3.63) is 59.7 Å². The third kappa shape index (κ3) is 3.51. The third-order valence-electron chi connectivity index (χ3n) is 6.45. The van der Waals surface area contributed by atoms with Crippen LogP contribution in [0.5, 0.6) is 0 Å². The number of rotatable bonds is 6. The van der Waals surface area contributed by atoms with Crippen molar-refractivity contribution < 1.29 is 22.7 Å². The van der Waals surface area contributed by atoms with Gasteiger partial charge in [0.25, 0.3) is 0 Å². The van der Waals surface area contributed by atoms with Crippen LogP contribution < -0.4 is 0 Å². The molecule has 1 atom stereocenters. The molecule has 0 radical (unpaired) electrons. The molecule has 7 nitrogen and oxygen atoms in total. The zero-order valence-electron chi connectivity index (χ0n) is 17.4. The van der Waals surface area contributed by atoms with Crippen molar-refractivity contribution in [2.75, 3.05) is 7.05 Å². The van der Waals surface area contributed by atoms with E-state index >= 15 is 0 Å². The van der Waals surface area contributed by atoms with Crippen molar-refractivity contribution in [1.82, 2.24) is 13.9 Å². The van der Waals surface area contributed by atoms with E-state index in [1.807, 2.05) is 17.6 Å². The number of carboxylic acid groups (broad SMARTS) is 1. The SMILES string of the molecule is CCC1(N(C)S(=O)(=O)c2ccc(F)cc2)CCc2c(CC(=O)O)c3cccnc3n2C1. The predicted molar refractivity (Wildman–Crippen MR) is 114 cm³/mol. The molecule has 0 amide bonds. The number of nitrogens with zero attached hydrogens (tertiary/aromatic N) is 3. The highest BCUT2D eigenvalue weighted by Gasteiger charge is 2.44. The number of pyridine rings is 1. The summed E-state index contributed by atoms with van der Waals surface area (Å²) in [6.45, 7) is 2.31. The summed E-state index contributed by atoms with van der Waals surface area (Å²) in [5, 5.41) is 10.2. The lowest BCUT2D eigenvalue weighted by molar-refractivity contribution is -0.136. The van der Waals surface area contributed by atoms with E-state index in [4.69, 9.17) is 0 Å². The van der Waals surface area contributed by atoms with Gasteiger partial charge in [0.05, 0.1) is 16.9 Å². The fourth-order valence-corrected chi connectivity index (χ4v) is 6.20. The van der Waals surface area contributed by atoms with Gasteiger partial charge in [0.1, 0.15) is 11.5 Å². The first-order valence-electron chi connectivity index (χ1n) is 10.1. The largest absolute Gasteiger partial charge is 0.481 e. The molecule has 0 saturated carbocycles. The molecule has 4 rings (SSSR count). The average Bonchev–Trinajstić information content (AvgIpc) is 3.05. The van der Waals surface area contributed by atoms with Crippen molar-refractivity contribution in [3.63, 3.8) is 0 Å². The number of hydrogen-bond acceptors (Lipinski definition) is 4. The number of carboxylic acids is 1. The second kappa shape index (κ2) is 7.72. The monoisotopic (exact) mass is 445 g/mol. The van der Waals surface area contributed by atoms with Crippen LogP contribution in [-0.2, 0) is 34.2 Å². The number of carbonyl (C=O) groups is 1. The molecule has 1 N–H and O–H groups in total. The van der Waals surface area contributed by atoms with Gasteiger partial charge in [0.2, 0.25) is 10.0 Å². The Morgan fingerprint density at radius 1 is 1.29 bits per heavy atom. The first-order chi connectivity index (χ1) is 14.7. The maximum atomic E-state index is 13.3. The maximum Gasteiger partial charge on any atom is 0.307 e. The summed E-state index contributed by atoms with van der Waals surface area (Å²) >= 11 is 0. The first kappa shape index (κ1) is 21.5. The second-order valence-corrected chi connectivity index (χ2v) is 9.93. The summed E-state index contributed by atoms with van der Waals surface area (Å²) in [5.74, 6) is -1.41. The van der Waals surface area contributed by atoms with Crippen LogP contribution in [0.4, 0.5) is 4.39 Å². The van der Waals surface area contributed by atoms with Crippen molar-refractivity contribution in [2.24, 2.45) is 0 Å². The van der Waals surface area contributed by atoms with Crippen LogP contribution in [0.1, 0.15) is 31.0 Å². The van der Waals surface area contributed by atoms with Crippen LogP contribution in [0, 0.1) is 5.82 Å². The number of sulfonamides is 1. The molecule has 2 aromatic heterocycles. The van der Waals surface area contributed by atoms with Gasteiger partial charge in [-0.15, -0.1) is 0 Å². The summed E-state index contributed by atoms with van der Waals surface area (Å²) in [4.78, 5) is 16.0. The number of aromatic nitrogens is 2. The Hall–Kier alpha value is -2.78. The quantitative estimate of drug-likeness (QED) is 0.629. The molecule has 3 heterocycles. The molecule has 0 spiro atoms. The van der Waals surface area contributed by atoms with Crippen molar-refractivity contribution in [2.45, 2.75) is 49.6 Å². The van der Waals surface area contributed by atoms with Gasteiger partial charge in [-0.2, -0.15) is 4.31 Å². The zero-order valence-corrected chi connectivity index (χ0v) is 18.2. The van der Waals surface area contributed by atoms with Crippen LogP contribution in [0.2, 0.25) is 0 Å². The van der Waals surface area contributed by atoms with Gasteiger partial charge >= 0.3 is 5.97 Å². The molecule has 3 aromatic rings. The Balaban J connectivity index is 1.79. The van der Waals surface area contributed by atoms with E-state index in [1.165, 1.54) is 16.4 Å². The minimum absolute atomic E-state index is 0.0390. The molecule has 1 unspecified atom stereocenters. The molecule has 31 heavy (non-hydrogen) atoms. The van der Waals surface area contributed by atoms with Crippen LogP contribution in [0.25, 0.3) is 11.0 Å². The number of halogens is 1. The summed E-state index contributed by atoms with van der Waals surface area (Å²) in [5.41, 5.74) is 1.58. The Kier molecular flexibility index (Phi) is 5.35. The second-order valence-electron chi connectivity index (χ2n) is 7.96. The lowest BCUT2D eigenvalue weighted by atomic mass is 9.86. The van der Waals surface area contributed by atoms with Crippen LogP contribution in [0.3, 0.4) is 0 Å². The van der Waals surface area contributed by atoms with Gasteiger partial charge in [-0.05, 0) is 61.2 Å². The number of fused-ring (bicyclic) bond motifs is 3. The summed E-state index contributed by atoms with van der Waals surface area (Å²) in [6, 6.07) is 8.46. The number of benzene rings is 1. The molecule has 0 saturated heterocycles. The smallest absolute Gasteiger partial charge is 0.307 e. The highest BCUT2D eigenvalue weighted by molar-refractivity contribution is 7.89. The standard InChI is InChI=1S/C22H24FN3O4S/c1-3-22(25(2)31(29,30)16-8-6-15(23)7-9-16)11-10-19-18(13-20(27)28)17-5-4-12-24-21(17)26(19)14-22/h4-9,12H,3,10-11,13-14H2,1-2H3,(H,27,28). The van der Waals surface area contributed by atoms with Gasteiger partial charge in [-0.3, -0.25) is 4.79 Å². The van der Waals surface area contributed by atoms with Gasteiger partial charge in [-0.25, -0.2) is 17.8 Å². The van der Waals surface area contributed by atoms with Crippen LogP contribution in [0.15, 0.2) is 47.5 Å². The van der Waals surface area contributed by atoms with Gasteiger partial charge in [0.15, 0.2) is 0 Å². The van der Waals surface area contributed by atoms with E-state index in [0.29, 0.717) is 31.5 Å². The molecule has 9 heteroatoms. The fourth-order valence-electron chi connectivity index (χ4n) is 4.61. The third-order valence-corrected chi connectivity index (χ3v) is 8.42. The summed E-state index contributed by atoms with van der Waals surface area (Å²) < 4.78 is 43.3. The van der Waals surface area contributed by atoms with E-state index in [9.17, 15) is 22.7 Å². The van der Waals surface area contributed by atoms with Crippen LogP contribution in [-0.4, -0.2) is 45.9 Å². The highest BCUT2D eigenvalue weighted by atomic mass is 32.2. The predicted octanol–water partition coefficient (Wildman–Crippen LogP) is 3.22. The molecule has 0 aliphatic carbocycles. The first-order valence-corrected chi connectivity index (χ1v) is 11.5. The van der Waals surface area contributed by atoms with Crippen molar-refractivity contribution in [1.29, 1.82) is 0 Å². The lowest BCUT2D eigenvalue weighted by Gasteiger charge is -2.44. The van der Waals surface area contributed by atoms with E-state index in [1.54, 1.807) is 19.3 Å². The molecule has 1 aliphatic rings. The van der Waals surface area contributed by atoms with E-state index < -0.39 is 27.3 Å². The molecule has 0 fully saturated rings.